The van der Waals surface area contributed by atoms with Crippen LogP contribution in [-0.2, 0) is 9.53 Å². The highest BCUT2D eigenvalue weighted by atomic mass is 16.5. The fourth-order valence-electron chi connectivity index (χ4n) is 1.46. The van der Waals surface area contributed by atoms with E-state index in [1.54, 1.807) is 0 Å². The van der Waals surface area contributed by atoms with Crippen molar-refractivity contribution in [3.8, 4) is 0 Å². The van der Waals surface area contributed by atoms with Crippen LogP contribution in [0.3, 0.4) is 0 Å². The molecule has 1 rings (SSSR count). The molecule has 1 aliphatic rings. The van der Waals surface area contributed by atoms with Crippen molar-refractivity contribution in [3.05, 3.63) is 0 Å². The summed E-state index contributed by atoms with van der Waals surface area (Å²) in [6, 6.07) is 0. The van der Waals surface area contributed by atoms with Crippen molar-refractivity contribution >= 4 is 5.97 Å². The Hall–Kier alpha value is -0.610. The molecule has 1 saturated heterocycles. The van der Waals surface area contributed by atoms with Gasteiger partial charge in [0, 0.05) is 12.1 Å². The molecule has 0 aromatic carbocycles. The van der Waals surface area contributed by atoms with Crippen molar-refractivity contribution in [2.24, 2.45) is 5.92 Å². The van der Waals surface area contributed by atoms with Gasteiger partial charge in [0.15, 0.2) is 0 Å². The number of aliphatic hydroxyl groups is 1. The summed E-state index contributed by atoms with van der Waals surface area (Å²) in [4.78, 5) is 11.1. The van der Waals surface area contributed by atoms with Crippen LogP contribution in [0, 0.1) is 5.92 Å². The number of esters is 1. The van der Waals surface area contributed by atoms with Gasteiger partial charge in [-0.1, -0.05) is 0 Å². The highest BCUT2D eigenvalue weighted by molar-refractivity contribution is 5.74. The lowest BCUT2D eigenvalue weighted by Crippen LogP contribution is -2.43. The minimum Gasteiger partial charge on any atom is -0.469 e. The first-order chi connectivity index (χ1) is 5.49. The molecule has 4 nitrogen and oxygen atoms in total. The van der Waals surface area contributed by atoms with E-state index in [0.29, 0.717) is 6.54 Å². The van der Waals surface area contributed by atoms with Crippen molar-refractivity contribution in [1.29, 1.82) is 0 Å². The summed E-state index contributed by atoms with van der Waals surface area (Å²) >= 11 is 0. The molecule has 0 aromatic heterocycles. The van der Waals surface area contributed by atoms with E-state index in [9.17, 15) is 9.90 Å². The largest absolute Gasteiger partial charge is 0.469 e. The highest BCUT2D eigenvalue weighted by Gasteiger charge is 2.44. The molecule has 12 heavy (non-hydrogen) atoms. The van der Waals surface area contributed by atoms with E-state index in [0.717, 1.165) is 0 Å². The maximum Gasteiger partial charge on any atom is 0.312 e. The summed E-state index contributed by atoms with van der Waals surface area (Å²) < 4.78 is 4.56. The summed E-state index contributed by atoms with van der Waals surface area (Å²) in [5, 5.41) is 12.7. The Kier molecular flexibility index (Phi) is 2.39. The maximum atomic E-state index is 11.1. The summed E-state index contributed by atoms with van der Waals surface area (Å²) in [6.07, 6.45) is -0.662. The van der Waals surface area contributed by atoms with E-state index in [1.165, 1.54) is 7.11 Å². The fourth-order valence-corrected chi connectivity index (χ4v) is 1.46. The van der Waals surface area contributed by atoms with Crippen molar-refractivity contribution in [1.82, 2.24) is 5.32 Å². The second-order valence-corrected chi connectivity index (χ2v) is 3.68. The third kappa shape index (κ3) is 1.44. The number of carbonyl (C=O) groups excluding carboxylic acids is 1. The maximum absolute atomic E-state index is 11.1. The lowest BCUT2D eigenvalue weighted by Gasteiger charge is -2.23. The first-order valence-corrected chi connectivity index (χ1v) is 4.00. The Labute approximate surface area is 71.9 Å². The molecule has 0 spiro atoms. The fraction of sp³-hybridized carbons (Fsp3) is 0.875. The van der Waals surface area contributed by atoms with Crippen molar-refractivity contribution in [3.63, 3.8) is 0 Å². The van der Waals surface area contributed by atoms with Gasteiger partial charge in [-0.05, 0) is 13.8 Å². The summed E-state index contributed by atoms with van der Waals surface area (Å²) in [7, 11) is 1.33. The molecule has 4 heteroatoms. The summed E-state index contributed by atoms with van der Waals surface area (Å²) in [6.45, 7) is 4.21. The van der Waals surface area contributed by atoms with Crippen LogP contribution in [0.5, 0.6) is 0 Å². The minimum atomic E-state index is -0.662. The monoisotopic (exact) mass is 173 g/mol. The van der Waals surface area contributed by atoms with Crippen molar-refractivity contribution in [2.75, 3.05) is 13.7 Å². The predicted octanol–water partition coefficient (Wildman–Crippen LogP) is -0.482. The third-order valence-corrected chi connectivity index (χ3v) is 2.40. The smallest absolute Gasteiger partial charge is 0.312 e. The normalized spacial score (nSPS) is 33.3. The molecule has 1 fully saturated rings. The number of methoxy groups -OCH3 is 1. The van der Waals surface area contributed by atoms with Crippen LogP contribution >= 0.6 is 0 Å². The second kappa shape index (κ2) is 3.03. The van der Waals surface area contributed by atoms with Crippen LogP contribution in [0.15, 0.2) is 0 Å². The number of ether oxygens (including phenoxy) is 1. The molecule has 2 N–H and O–H groups in total. The van der Waals surface area contributed by atoms with Crippen LogP contribution in [0.4, 0.5) is 0 Å². The molecular formula is C8H15NO3. The van der Waals surface area contributed by atoms with Gasteiger partial charge in [-0.3, -0.25) is 4.79 Å². The standard InChI is InChI=1S/C8H15NO3/c1-8(2)6(10)5(4-9-8)7(11)12-3/h5-6,9-10H,4H2,1-3H3. The highest BCUT2D eigenvalue weighted by Crippen LogP contribution is 2.24. The van der Waals surface area contributed by atoms with E-state index < -0.39 is 17.6 Å². The van der Waals surface area contributed by atoms with Gasteiger partial charge in [0.1, 0.15) is 0 Å². The van der Waals surface area contributed by atoms with E-state index in [1.807, 2.05) is 13.8 Å². The van der Waals surface area contributed by atoms with Crippen LogP contribution in [-0.4, -0.2) is 36.4 Å². The molecule has 0 bridgehead atoms. The average molecular weight is 173 g/mol. The first-order valence-electron chi connectivity index (χ1n) is 4.00. The summed E-state index contributed by atoms with van der Waals surface area (Å²) in [5.74, 6) is -0.773. The SMILES string of the molecule is COC(=O)C1CNC(C)(C)C1O. The number of hydrogen-bond donors (Lipinski definition) is 2. The van der Waals surface area contributed by atoms with E-state index in [4.69, 9.17) is 0 Å². The van der Waals surface area contributed by atoms with E-state index >= 15 is 0 Å². The zero-order chi connectivity index (χ0) is 9.35. The van der Waals surface area contributed by atoms with E-state index in [2.05, 4.69) is 10.1 Å². The average Bonchev–Trinajstić information content (AvgIpc) is 2.27. The van der Waals surface area contributed by atoms with Gasteiger partial charge >= 0.3 is 5.97 Å². The topological polar surface area (TPSA) is 58.6 Å². The molecule has 1 heterocycles. The predicted molar refractivity (Wildman–Crippen MR) is 43.6 cm³/mol. The zero-order valence-corrected chi connectivity index (χ0v) is 7.63. The van der Waals surface area contributed by atoms with E-state index in [-0.39, 0.29) is 5.97 Å². The van der Waals surface area contributed by atoms with Crippen LogP contribution in [0.1, 0.15) is 13.8 Å². The lowest BCUT2D eigenvalue weighted by atomic mass is 9.93. The van der Waals surface area contributed by atoms with Gasteiger partial charge in [-0.25, -0.2) is 0 Å². The van der Waals surface area contributed by atoms with Crippen molar-refractivity contribution in [2.45, 2.75) is 25.5 Å². The Morgan fingerprint density at radius 3 is 2.58 bits per heavy atom. The van der Waals surface area contributed by atoms with Gasteiger partial charge in [-0.2, -0.15) is 0 Å². The molecule has 70 valence electrons. The summed E-state index contributed by atoms with van der Waals surface area (Å²) in [5.41, 5.74) is -0.390. The molecule has 2 atom stereocenters. The van der Waals surface area contributed by atoms with Gasteiger partial charge in [0.05, 0.1) is 19.1 Å². The molecular weight excluding hydrogens is 158 g/mol. The quantitative estimate of drug-likeness (QED) is 0.526. The third-order valence-electron chi connectivity index (χ3n) is 2.40. The van der Waals surface area contributed by atoms with Gasteiger partial charge in [-0.15, -0.1) is 0 Å². The van der Waals surface area contributed by atoms with Crippen molar-refractivity contribution < 1.29 is 14.6 Å². The van der Waals surface area contributed by atoms with Crippen LogP contribution in [0.25, 0.3) is 0 Å². The second-order valence-electron chi connectivity index (χ2n) is 3.68. The Bertz CT molecular complexity index is 191. The number of hydrogen-bond acceptors (Lipinski definition) is 4. The zero-order valence-electron chi connectivity index (χ0n) is 7.63. The molecule has 1 aliphatic heterocycles. The Balaban J connectivity index is 2.67. The lowest BCUT2D eigenvalue weighted by molar-refractivity contribution is -0.148. The minimum absolute atomic E-state index is 0.347. The molecule has 0 amide bonds. The molecule has 0 radical (unpaired) electrons. The number of rotatable bonds is 1. The number of nitrogens with one attached hydrogen (secondary N) is 1. The van der Waals surface area contributed by atoms with Crippen LogP contribution < -0.4 is 5.32 Å². The Morgan fingerprint density at radius 2 is 2.25 bits per heavy atom. The Morgan fingerprint density at radius 1 is 1.67 bits per heavy atom. The number of carbonyl (C=O) groups is 1. The molecule has 0 saturated carbocycles. The number of aliphatic hydroxyl groups excluding tert-OH is 1. The molecule has 0 aliphatic carbocycles. The molecule has 2 unspecified atom stereocenters. The van der Waals surface area contributed by atoms with Gasteiger partial charge < -0.3 is 15.2 Å². The van der Waals surface area contributed by atoms with Gasteiger partial charge in [0.25, 0.3) is 0 Å². The van der Waals surface area contributed by atoms with Crippen LogP contribution in [0.2, 0.25) is 0 Å². The van der Waals surface area contributed by atoms with Gasteiger partial charge in [0.2, 0.25) is 0 Å². The molecule has 0 aromatic rings. The first kappa shape index (κ1) is 9.48.